The van der Waals surface area contributed by atoms with E-state index in [4.69, 9.17) is 4.74 Å². The van der Waals surface area contributed by atoms with E-state index in [0.717, 1.165) is 51.9 Å². The fourth-order valence-corrected chi connectivity index (χ4v) is 10.7. The molecule has 0 aliphatic carbocycles. The number of aryl methyl sites for hydroxylation is 1. The number of aromatic nitrogens is 1. The van der Waals surface area contributed by atoms with Gasteiger partial charge in [0.25, 0.3) is 0 Å². The van der Waals surface area contributed by atoms with Gasteiger partial charge in [-0.2, -0.15) is 0 Å². The Balaban J connectivity index is 1.21. The largest absolute Gasteiger partial charge is 0.508 e. The van der Waals surface area contributed by atoms with E-state index in [1.165, 1.54) is 26.1 Å². The van der Waals surface area contributed by atoms with Crippen LogP contribution in [-0.2, 0) is 54.6 Å². The number of hydrazine groups is 1. The summed E-state index contributed by atoms with van der Waals surface area (Å²) < 4.78 is 9.94. The van der Waals surface area contributed by atoms with E-state index in [1.54, 1.807) is 30.3 Å². The van der Waals surface area contributed by atoms with Crippen molar-refractivity contribution in [1.82, 2.24) is 29.7 Å². The van der Waals surface area contributed by atoms with E-state index in [-0.39, 0.29) is 43.1 Å². The highest BCUT2D eigenvalue weighted by Crippen LogP contribution is 2.42. The molecule has 1 aromatic heterocycles. The van der Waals surface area contributed by atoms with Crippen LogP contribution in [0.15, 0.2) is 73.3 Å². The molecule has 2 fully saturated rings. The van der Waals surface area contributed by atoms with E-state index in [2.05, 4.69) is 98.8 Å². The number of ether oxygens (including phenoxy) is 1. The lowest BCUT2D eigenvalue weighted by Crippen LogP contribution is -2.61. The smallest absolute Gasteiger partial charge is 0.411 e. The summed E-state index contributed by atoms with van der Waals surface area (Å²) in [5, 5.41) is 13.9. The van der Waals surface area contributed by atoms with E-state index in [0.29, 0.717) is 44.3 Å². The predicted molar refractivity (Wildman–Crippen MR) is 258 cm³/mol. The molecule has 1 unspecified atom stereocenters. The van der Waals surface area contributed by atoms with Crippen LogP contribution in [-0.4, -0.2) is 135 Å². The summed E-state index contributed by atoms with van der Waals surface area (Å²) in [5.41, 5.74) is 9.02. The number of phenols is 1. The summed E-state index contributed by atoms with van der Waals surface area (Å²) in [4.78, 5) is 75.5. The third-order valence-corrected chi connectivity index (χ3v) is 13.9. The van der Waals surface area contributed by atoms with Crippen molar-refractivity contribution in [2.45, 2.75) is 97.4 Å². The molecule has 0 radical (unpaired) electrons. The zero-order valence-corrected chi connectivity index (χ0v) is 40.3. The van der Waals surface area contributed by atoms with Gasteiger partial charge in [-0.05, 0) is 122 Å². The van der Waals surface area contributed by atoms with Crippen molar-refractivity contribution >= 4 is 46.7 Å². The average molecular weight is 913 g/mol. The van der Waals surface area contributed by atoms with E-state index >= 15 is 4.79 Å². The number of benzene rings is 3. The number of cyclic esters (lactones) is 1. The van der Waals surface area contributed by atoms with Crippen molar-refractivity contribution in [3.05, 3.63) is 90.0 Å². The standard InChI is InChI=1S/C53H65N7O7/c1-10-45(62)57-21-19-38(30-57)48(63)56(9)46(33(3)4)49(64)59-31-53(59)27-35-23-39(25-40(61)24-35)36-17-18-44-41(26-36)42(47(58(44)11-2)37-15-12-14-34(22-37)29-55(7)8)28-52(5,6)32-67-50(65)43-16-13-20-60(54-43)51(53)66/h10,12,14-15,17-18,22-26,31,33,38,43,46,54H,1,11,13,16,19-21,27-30,32H2,2-9H3/p+1/t38-,43-,46-,53?/m0/s1. The summed E-state index contributed by atoms with van der Waals surface area (Å²) >= 11 is 0. The fraction of sp³-hybridized carbons (Fsp3) is 0.472. The van der Waals surface area contributed by atoms with E-state index in [1.807, 2.05) is 19.9 Å². The lowest BCUT2D eigenvalue weighted by atomic mass is 9.84. The predicted octanol–water partition coefficient (Wildman–Crippen LogP) is 5.81. The molecule has 2 saturated heterocycles. The molecule has 6 bridgehead atoms. The second kappa shape index (κ2) is 18.5. The van der Waals surface area contributed by atoms with Gasteiger partial charge in [-0.25, -0.2) is 10.2 Å². The van der Waals surface area contributed by atoms with Gasteiger partial charge in [0, 0.05) is 56.1 Å². The minimum atomic E-state index is -1.50. The normalized spacial score (nSPS) is 22.1. The molecule has 4 amide bonds. The minimum absolute atomic E-state index is 0.0128. The van der Waals surface area contributed by atoms with Crippen LogP contribution >= 0.6 is 0 Å². The van der Waals surface area contributed by atoms with Crippen molar-refractivity contribution in [2.75, 3.05) is 47.4 Å². The van der Waals surface area contributed by atoms with Gasteiger partial charge in [0.1, 0.15) is 11.8 Å². The number of likely N-dealkylation sites (N-methyl/N-ethyl adjacent to an activating group) is 1. The maximum Gasteiger partial charge on any atom is 0.411 e. The van der Waals surface area contributed by atoms with Gasteiger partial charge in [-0.3, -0.25) is 24.2 Å². The summed E-state index contributed by atoms with van der Waals surface area (Å²) in [5.74, 6) is -2.60. The molecule has 3 aromatic carbocycles. The molecule has 4 aliphatic rings. The van der Waals surface area contributed by atoms with Gasteiger partial charge in [0.2, 0.25) is 18.0 Å². The molecule has 1 spiro atoms. The molecular formula is C53H66N7O7+. The first-order chi connectivity index (χ1) is 31.8. The summed E-state index contributed by atoms with van der Waals surface area (Å²) in [6, 6.07) is 18.6. The number of amides is 4. The Morgan fingerprint density at radius 3 is 2.48 bits per heavy atom. The molecular weight excluding hydrogens is 847 g/mol. The van der Waals surface area contributed by atoms with Crippen molar-refractivity contribution in [3.8, 4) is 28.1 Å². The van der Waals surface area contributed by atoms with Gasteiger partial charge in [0.05, 0.1) is 24.6 Å². The van der Waals surface area contributed by atoms with Gasteiger partial charge < -0.3 is 29.1 Å². The molecule has 0 saturated carbocycles. The summed E-state index contributed by atoms with van der Waals surface area (Å²) in [7, 11) is 5.73. The molecule has 2 N–H and O–H groups in total. The maximum absolute atomic E-state index is 15.1. The number of carbonyl (C=O) groups is 5. The monoisotopic (exact) mass is 913 g/mol. The van der Waals surface area contributed by atoms with Crippen LogP contribution in [0, 0.1) is 17.3 Å². The highest BCUT2D eigenvalue weighted by molar-refractivity contribution is 6.10. The maximum atomic E-state index is 15.1. The number of rotatable bonds is 9. The van der Waals surface area contributed by atoms with Crippen molar-refractivity contribution in [3.63, 3.8) is 0 Å². The van der Waals surface area contributed by atoms with Crippen molar-refractivity contribution < 1.29 is 38.4 Å². The number of carbonyl (C=O) groups excluding carboxylic acids is 5. The van der Waals surface area contributed by atoms with E-state index in [9.17, 15) is 24.3 Å². The van der Waals surface area contributed by atoms with Gasteiger partial charge in [0.15, 0.2) is 6.04 Å². The topological polar surface area (TPSA) is 148 Å². The Morgan fingerprint density at radius 1 is 0.985 bits per heavy atom. The quantitative estimate of drug-likeness (QED) is 0.121. The molecule has 14 nitrogen and oxygen atoms in total. The molecule has 8 rings (SSSR count). The molecule has 354 valence electrons. The second-order valence-corrected chi connectivity index (χ2v) is 20.4. The Hall–Kier alpha value is -6.12. The Morgan fingerprint density at radius 2 is 1.76 bits per heavy atom. The average Bonchev–Trinajstić information content (AvgIpc) is 3.64. The Labute approximate surface area is 393 Å². The Kier molecular flexibility index (Phi) is 13.1. The highest BCUT2D eigenvalue weighted by Gasteiger charge is 2.69. The van der Waals surface area contributed by atoms with Crippen molar-refractivity contribution in [1.29, 1.82) is 0 Å². The number of fused-ring (bicyclic) bond motifs is 6. The van der Waals surface area contributed by atoms with Gasteiger partial charge in [-0.15, -0.1) is 4.58 Å². The lowest BCUT2D eigenvalue weighted by Gasteiger charge is -2.34. The van der Waals surface area contributed by atoms with Gasteiger partial charge >= 0.3 is 23.3 Å². The zero-order valence-electron chi connectivity index (χ0n) is 40.3. The first-order valence-electron chi connectivity index (χ1n) is 23.7. The fourth-order valence-electron chi connectivity index (χ4n) is 10.7. The number of esters is 1. The van der Waals surface area contributed by atoms with Crippen LogP contribution in [0.2, 0.25) is 0 Å². The number of hydrogen-bond acceptors (Lipinski definition) is 9. The summed E-state index contributed by atoms with van der Waals surface area (Å²) in [6.45, 7) is 16.3. The first-order valence-corrected chi connectivity index (χ1v) is 23.7. The van der Waals surface area contributed by atoms with Crippen LogP contribution in [0.5, 0.6) is 5.75 Å². The van der Waals surface area contributed by atoms with Gasteiger partial charge in [-0.1, -0.05) is 64.6 Å². The number of phenolic OH excluding ortho intramolecular Hbond substituents is 1. The van der Waals surface area contributed by atoms with Crippen LogP contribution in [0.3, 0.4) is 0 Å². The SMILES string of the molecule is C=CC(=O)N1CC[C@H](C(=O)N(C)[C@H](C(=O)[N+]2=CC23Cc2cc(O)cc(c2)-c2ccc4c(c2)c(c(-c2cccc(CN(C)C)c2)n4CC)CC(C)(C)COC(=O)[C@@H]2CCCN(N2)C3=O)C(C)C)C1. The van der Waals surface area contributed by atoms with Crippen molar-refractivity contribution in [2.24, 2.45) is 17.3 Å². The Bertz CT molecular complexity index is 2680. The van der Waals surface area contributed by atoms with Crippen LogP contribution in [0.4, 0.5) is 0 Å². The van der Waals surface area contributed by atoms with Crippen LogP contribution in [0.25, 0.3) is 33.3 Å². The molecule has 67 heavy (non-hydrogen) atoms. The lowest BCUT2D eigenvalue weighted by molar-refractivity contribution is -0.423. The number of nitrogens with zero attached hydrogens (tertiary/aromatic N) is 6. The molecule has 5 heterocycles. The molecule has 14 heteroatoms. The van der Waals surface area contributed by atoms with E-state index < -0.39 is 46.7 Å². The number of likely N-dealkylation sites (tertiary alicyclic amines) is 1. The molecule has 4 aromatic rings. The first kappa shape index (κ1) is 47.4. The minimum Gasteiger partial charge on any atom is -0.508 e. The van der Waals surface area contributed by atoms with Crippen LogP contribution < -0.4 is 5.43 Å². The molecule has 4 atom stereocenters. The third-order valence-electron chi connectivity index (χ3n) is 13.9. The summed E-state index contributed by atoms with van der Waals surface area (Å²) in [6.07, 6.45) is 4.92. The highest BCUT2D eigenvalue weighted by atomic mass is 16.5. The number of hydrogen-bond donors (Lipinski definition) is 2. The molecule has 4 aliphatic heterocycles. The third kappa shape index (κ3) is 9.30. The second-order valence-electron chi connectivity index (χ2n) is 20.4. The zero-order chi connectivity index (χ0) is 48.1. The van der Waals surface area contributed by atoms with Crippen LogP contribution in [0.1, 0.15) is 70.6 Å². The number of aromatic hydroxyl groups is 1. The number of nitrogens with one attached hydrogen (secondary N) is 1.